The third-order valence-electron chi connectivity index (χ3n) is 2.70. The minimum Gasteiger partial charge on any atom is -0.508 e. The summed E-state index contributed by atoms with van der Waals surface area (Å²) in [5, 5.41) is 19.7. The van der Waals surface area contributed by atoms with Gasteiger partial charge in [-0.1, -0.05) is 37.3 Å². The Morgan fingerprint density at radius 3 is 2.25 bits per heavy atom. The second-order valence-electron chi connectivity index (χ2n) is 3.68. The van der Waals surface area contributed by atoms with Gasteiger partial charge in [0.25, 0.3) is 0 Å². The van der Waals surface area contributed by atoms with E-state index in [1.165, 1.54) is 0 Å². The Hall–Kier alpha value is -1.96. The zero-order chi connectivity index (χ0) is 11.5. The molecule has 0 saturated heterocycles. The van der Waals surface area contributed by atoms with Crippen molar-refractivity contribution in [2.45, 2.75) is 13.3 Å². The Morgan fingerprint density at radius 1 is 0.938 bits per heavy atom. The zero-order valence-electron chi connectivity index (χ0n) is 9.14. The summed E-state index contributed by atoms with van der Waals surface area (Å²) in [7, 11) is 0. The van der Waals surface area contributed by atoms with Gasteiger partial charge in [0, 0.05) is 11.1 Å². The van der Waals surface area contributed by atoms with Gasteiger partial charge in [0.05, 0.1) is 0 Å². The van der Waals surface area contributed by atoms with Crippen LogP contribution in [0.1, 0.15) is 12.5 Å². The molecular weight excluding hydrogens is 200 g/mol. The molecule has 2 rings (SSSR count). The molecule has 0 atom stereocenters. The molecule has 16 heavy (non-hydrogen) atoms. The highest BCUT2D eigenvalue weighted by Gasteiger charge is 2.11. The molecule has 0 unspecified atom stereocenters. The Morgan fingerprint density at radius 2 is 1.62 bits per heavy atom. The number of benzene rings is 2. The van der Waals surface area contributed by atoms with Gasteiger partial charge in [-0.2, -0.15) is 0 Å². The van der Waals surface area contributed by atoms with Crippen LogP contribution in [0.25, 0.3) is 11.1 Å². The third-order valence-corrected chi connectivity index (χ3v) is 2.70. The van der Waals surface area contributed by atoms with Crippen LogP contribution >= 0.6 is 0 Å². The fourth-order valence-corrected chi connectivity index (χ4v) is 1.82. The predicted molar refractivity (Wildman–Crippen MR) is 64.6 cm³/mol. The van der Waals surface area contributed by atoms with Crippen LogP contribution in [-0.4, -0.2) is 10.2 Å². The molecule has 0 aliphatic carbocycles. The molecule has 0 fully saturated rings. The van der Waals surface area contributed by atoms with E-state index in [9.17, 15) is 10.2 Å². The molecule has 2 N–H and O–H groups in total. The fraction of sp³-hybridized carbons (Fsp3) is 0.143. The molecule has 0 radical (unpaired) electrons. The van der Waals surface area contributed by atoms with Crippen LogP contribution in [0.2, 0.25) is 0 Å². The molecule has 2 aromatic carbocycles. The molecule has 2 heteroatoms. The van der Waals surface area contributed by atoms with Gasteiger partial charge in [-0.25, -0.2) is 0 Å². The summed E-state index contributed by atoms with van der Waals surface area (Å²) in [6.07, 6.45) is 0.609. The topological polar surface area (TPSA) is 40.5 Å². The maximum atomic E-state index is 10.1. The summed E-state index contributed by atoms with van der Waals surface area (Å²) >= 11 is 0. The Bertz CT molecular complexity index is 490. The molecule has 0 aliphatic heterocycles. The van der Waals surface area contributed by atoms with Crippen molar-refractivity contribution in [1.82, 2.24) is 0 Å². The van der Waals surface area contributed by atoms with Crippen LogP contribution in [-0.2, 0) is 6.42 Å². The average molecular weight is 214 g/mol. The van der Waals surface area contributed by atoms with Gasteiger partial charge >= 0.3 is 0 Å². The lowest BCUT2D eigenvalue weighted by Crippen LogP contribution is -1.87. The van der Waals surface area contributed by atoms with Gasteiger partial charge in [0.15, 0.2) is 0 Å². The molecule has 0 amide bonds. The van der Waals surface area contributed by atoms with E-state index in [2.05, 4.69) is 0 Å². The highest BCUT2D eigenvalue weighted by atomic mass is 16.3. The number of hydrogen-bond acceptors (Lipinski definition) is 2. The van der Waals surface area contributed by atoms with Crippen molar-refractivity contribution >= 4 is 0 Å². The van der Waals surface area contributed by atoms with E-state index in [4.69, 9.17) is 0 Å². The minimum absolute atomic E-state index is 0.152. The summed E-state index contributed by atoms with van der Waals surface area (Å²) in [6.45, 7) is 1.91. The molecule has 0 heterocycles. The van der Waals surface area contributed by atoms with E-state index in [0.29, 0.717) is 12.0 Å². The molecule has 2 nitrogen and oxygen atoms in total. The monoisotopic (exact) mass is 214 g/mol. The van der Waals surface area contributed by atoms with Crippen molar-refractivity contribution in [3.63, 3.8) is 0 Å². The number of hydrogen-bond donors (Lipinski definition) is 2. The van der Waals surface area contributed by atoms with Gasteiger partial charge in [-0.15, -0.1) is 0 Å². The minimum atomic E-state index is 0.152. The van der Waals surface area contributed by atoms with E-state index < -0.39 is 0 Å². The molecule has 2 aromatic rings. The second kappa shape index (κ2) is 4.27. The van der Waals surface area contributed by atoms with Crippen molar-refractivity contribution in [1.29, 1.82) is 0 Å². The predicted octanol–water partition coefficient (Wildman–Crippen LogP) is 3.33. The van der Waals surface area contributed by atoms with Gasteiger partial charge < -0.3 is 10.2 Å². The second-order valence-corrected chi connectivity index (χ2v) is 3.68. The third kappa shape index (κ3) is 1.74. The molecule has 0 spiro atoms. The first kappa shape index (κ1) is 10.6. The van der Waals surface area contributed by atoms with E-state index in [0.717, 1.165) is 11.1 Å². The highest BCUT2D eigenvalue weighted by molar-refractivity contribution is 5.73. The molecule has 0 aromatic heterocycles. The lowest BCUT2D eigenvalue weighted by molar-refractivity contribution is 0.441. The Balaban J connectivity index is 2.59. The van der Waals surface area contributed by atoms with Crippen LogP contribution in [0.5, 0.6) is 11.5 Å². The first-order valence-electron chi connectivity index (χ1n) is 5.33. The molecular formula is C14H14O2. The van der Waals surface area contributed by atoms with E-state index >= 15 is 0 Å². The largest absolute Gasteiger partial charge is 0.508 e. The normalized spacial score (nSPS) is 10.3. The number of phenols is 2. The summed E-state index contributed by atoms with van der Waals surface area (Å²) in [5.41, 5.74) is 2.31. The SMILES string of the molecule is CCc1c(O)ccc(-c2ccccc2)c1O. The maximum Gasteiger partial charge on any atom is 0.130 e. The van der Waals surface area contributed by atoms with Crippen molar-refractivity contribution in [2.24, 2.45) is 0 Å². The van der Waals surface area contributed by atoms with Gasteiger partial charge in [0.2, 0.25) is 0 Å². The summed E-state index contributed by atoms with van der Waals surface area (Å²) < 4.78 is 0. The molecule has 0 saturated carbocycles. The van der Waals surface area contributed by atoms with Gasteiger partial charge in [0.1, 0.15) is 11.5 Å². The van der Waals surface area contributed by atoms with E-state index in [-0.39, 0.29) is 11.5 Å². The average Bonchev–Trinajstić information content (AvgIpc) is 2.31. The lowest BCUT2D eigenvalue weighted by Gasteiger charge is -2.10. The molecule has 0 aliphatic rings. The Labute approximate surface area is 94.8 Å². The Kier molecular flexibility index (Phi) is 2.82. The van der Waals surface area contributed by atoms with Crippen molar-refractivity contribution in [3.8, 4) is 22.6 Å². The maximum absolute atomic E-state index is 10.1. The summed E-state index contributed by atoms with van der Waals surface area (Å²) in [4.78, 5) is 0. The van der Waals surface area contributed by atoms with Crippen molar-refractivity contribution in [3.05, 3.63) is 48.0 Å². The number of phenolic OH excluding ortho intramolecular Hbond substituents is 2. The molecule has 82 valence electrons. The van der Waals surface area contributed by atoms with Crippen molar-refractivity contribution < 1.29 is 10.2 Å². The number of rotatable bonds is 2. The summed E-state index contributed by atoms with van der Waals surface area (Å²) in [5.74, 6) is 0.327. The standard InChI is InChI=1S/C14H14O2/c1-2-11-13(15)9-8-12(14(11)16)10-6-4-3-5-7-10/h3-9,15-16H,2H2,1H3. The highest BCUT2D eigenvalue weighted by Crippen LogP contribution is 2.36. The van der Waals surface area contributed by atoms with Gasteiger partial charge in [-0.3, -0.25) is 0 Å². The smallest absolute Gasteiger partial charge is 0.130 e. The van der Waals surface area contributed by atoms with Gasteiger partial charge in [-0.05, 0) is 24.1 Å². The van der Waals surface area contributed by atoms with E-state index in [1.807, 2.05) is 37.3 Å². The van der Waals surface area contributed by atoms with Crippen LogP contribution in [0.15, 0.2) is 42.5 Å². The lowest BCUT2D eigenvalue weighted by atomic mass is 9.99. The van der Waals surface area contributed by atoms with Crippen LogP contribution in [0, 0.1) is 0 Å². The van der Waals surface area contributed by atoms with Crippen LogP contribution < -0.4 is 0 Å². The molecule has 0 bridgehead atoms. The zero-order valence-corrected chi connectivity index (χ0v) is 9.14. The van der Waals surface area contributed by atoms with Crippen LogP contribution in [0.4, 0.5) is 0 Å². The van der Waals surface area contributed by atoms with Crippen molar-refractivity contribution in [2.75, 3.05) is 0 Å². The van der Waals surface area contributed by atoms with E-state index in [1.54, 1.807) is 12.1 Å². The quantitative estimate of drug-likeness (QED) is 0.805. The number of aromatic hydroxyl groups is 2. The first-order valence-corrected chi connectivity index (χ1v) is 5.33. The fourth-order valence-electron chi connectivity index (χ4n) is 1.82. The van der Waals surface area contributed by atoms with Crippen LogP contribution in [0.3, 0.4) is 0 Å². The summed E-state index contributed by atoms with van der Waals surface area (Å²) in [6, 6.07) is 13.0. The first-order chi connectivity index (χ1) is 7.74.